The van der Waals surface area contributed by atoms with Gasteiger partial charge in [-0.3, -0.25) is 4.55 Å². The van der Waals surface area contributed by atoms with E-state index in [9.17, 15) is 8.42 Å². The first-order valence-corrected chi connectivity index (χ1v) is 5.26. The first-order valence-electron chi connectivity index (χ1n) is 3.82. The highest BCUT2D eigenvalue weighted by Gasteiger charge is 2.15. The van der Waals surface area contributed by atoms with Gasteiger partial charge in [-0.1, -0.05) is 0 Å². The monoisotopic (exact) mass is 217 g/mol. The minimum atomic E-state index is -4.22. The van der Waals surface area contributed by atoms with Crippen LogP contribution in [0.4, 0.5) is 5.69 Å². The fourth-order valence-corrected chi connectivity index (χ4v) is 1.76. The number of hydrogen-bond acceptors (Lipinski definition) is 4. The molecule has 0 unspecified atom stereocenters. The summed E-state index contributed by atoms with van der Waals surface area (Å²) in [5.41, 5.74) is 0.327. The highest BCUT2D eigenvalue weighted by atomic mass is 32.2. The Morgan fingerprint density at radius 2 is 2.07 bits per heavy atom. The summed E-state index contributed by atoms with van der Waals surface area (Å²) in [6.07, 6.45) is 0. The molecule has 0 radical (unpaired) electrons. The van der Waals surface area contributed by atoms with Crippen molar-refractivity contribution < 1.29 is 17.7 Å². The van der Waals surface area contributed by atoms with Crippen molar-refractivity contribution in [1.82, 2.24) is 0 Å². The van der Waals surface area contributed by atoms with E-state index in [0.29, 0.717) is 11.4 Å². The molecule has 0 aliphatic rings. The van der Waals surface area contributed by atoms with Crippen molar-refractivity contribution in [3.63, 3.8) is 0 Å². The van der Waals surface area contributed by atoms with Gasteiger partial charge >= 0.3 is 0 Å². The lowest BCUT2D eigenvalue weighted by molar-refractivity contribution is 0.412. The van der Waals surface area contributed by atoms with Gasteiger partial charge in [-0.05, 0) is 12.1 Å². The molecule has 1 aromatic carbocycles. The molecule has 0 heterocycles. The predicted molar refractivity (Wildman–Crippen MR) is 52.4 cm³/mol. The molecule has 0 bridgehead atoms. The first-order chi connectivity index (χ1) is 6.49. The summed E-state index contributed by atoms with van der Waals surface area (Å²) in [6.45, 7) is 0. The van der Waals surface area contributed by atoms with Crippen molar-refractivity contribution in [1.29, 1.82) is 0 Å². The Morgan fingerprint density at radius 3 is 2.50 bits per heavy atom. The van der Waals surface area contributed by atoms with E-state index in [-0.39, 0.29) is 4.90 Å². The van der Waals surface area contributed by atoms with Gasteiger partial charge < -0.3 is 10.1 Å². The average Bonchev–Trinajstić information content (AvgIpc) is 2.15. The highest BCUT2D eigenvalue weighted by Crippen LogP contribution is 2.25. The average molecular weight is 217 g/mol. The Bertz CT molecular complexity index is 427. The second kappa shape index (κ2) is 3.85. The topological polar surface area (TPSA) is 75.6 Å². The van der Waals surface area contributed by atoms with Crippen molar-refractivity contribution in [2.45, 2.75) is 4.90 Å². The SMILES string of the molecule is CNc1ccc(OC)cc1S(=O)(=O)O. The summed E-state index contributed by atoms with van der Waals surface area (Å²) in [5.74, 6) is 0.372. The Kier molecular flexibility index (Phi) is 2.97. The third-order valence-electron chi connectivity index (χ3n) is 1.74. The maximum absolute atomic E-state index is 10.9. The largest absolute Gasteiger partial charge is 0.497 e. The van der Waals surface area contributed by atoms with Crippen LogP contribution >= 0.6 is 0 Å². The molecule has 0 saturated carbocycles. The smallest absolute Gasteiger partial charge is 0.296 e. The van der Waals surface area contributed by atoms with Crippen LogP contribution in [0.1, 0.15) is 0 Å². The number of benzene rings is 1. The van der Waals surface area contributed by atoms with E-state index < -0.39 is 10.1 Å². The number of methoxy groups -OCH3 is 1. The second-order valence-electron chi connectivity index (χ2n) is 2.59. The van der Waals surface area contributed by atoms with E-state index in [4.69, 9.17) is 9.29 Å². The lowest BCUT2D eigenvalue weighted by Gasteiger charge is -2.07. The molecule has 78 valence electrons. The fourth-order valence-electron chi connectivity index (χ4n) is 1.05. The van der Waals surface area contributed by atoms with Crippen molar-refractivity contribution in [3.05, 3.63) is 18.2 Å². The van der Waals surface area contributed by atoms with E-state index in [2.05, 4.69) is 5.32 Å². The molecule has 0 aliphatic heterocycles. The predicted octanol–water partition coefficient (Wildman–Crippen LogP) is 0.984. The van der Waals surface area contributed by atoms with Gasteiger partial charge in [0.25, 0.3) is 10.1 Å². The van der Waals surface area contributed by atoms with Gasteiger partial charge in [0.05, 0.1) is 12.8 Å². The van der Waals surface area contributed by atoms with Crippen LogP contribution in [-0.4, -0.2) is 27.1 Å². The van der Waals surface area contributed by atoms with Gasteiger partial charge in [-0.2, -0.15) is 8.42 Å². The standard InChI is InChI=1S/C8H11NO4S/c1-9-7-4-3-6(13-2)5-8(7)14(10,11)12/h3-5,9H,1-2H3,(H,10,11,12). The van der Waals surface area contributed by atoms with Crippen LogP contribution in [-0.2, 0) is 10.1 Å². The molecule has 1 rings (SSSR count). The first kappa shape index (κ1) is 10.8. The molecule has 0 aromatic heterocycles. The van der Waals surface area contributed by atoms with Crippen LogP contribution in [0.2, 0.25) is 0 Å². The second-order valence-corrected chi connectivity index (χ2v) is 3.98. The van der Waals surface area contributed by atoms with Gasteiger partial charge in [-0.25, -0.2) is 0 Å². The van der Waals surface area contributed by atoms with E-state index in [0.717, 1.165) is 0 Å². The van der Waals surface area contributed by atoms with Gasteiger partial charge in [0.15, 0.2) is 0 Å². The van der Waals surface area contributed by atoms with Crippen LogP contribution in [0.15, 0.2) is 23.1 Å². The lowest BCUT2D eigenvalue weighted by Crippen LogP contribution is -2.03. The minimum absolute atomic E-state index is 0.195. The lowest BCUT2D eigenvalue weighted by atomic mass is 10.3. The molecule has 0 fully saturated rings. The molecule has 1 aromatic rings. The number of anilines is 1. The molecule has 0 saturated heterocycles. The normalized spacial score (nSPS) is 11.1. The molecule has 0 atom stereocenters. The van der Waals surface area contributed by atoms with E-state index >= 15 is 0 Å². The van der Waals surface area contributed by atoms with Crippen molar-refractivity contribution in [2.24, 2.45) is 0 Å². The quantitative estimate of drug-likeness (QED) is 0.738. The summed E-state index contributed by atoms with van der Waals surface area (Å²) in [4.78, 5) is -0.195. The third-order valence-corrected chi connectivity index (χ3v) is 2.63. The van der Waals surface area contributed by atoms with Gasteiger partial charge in [0.2, 0.25) is 0 Å². The molecular weight excluding hydrogens is 206 g/mol. The molecule has 0 amide bonds. The number of hydrogen-bond donors (Lipinski definition) is 2. The minimum Gasteiger partial charge on any atom is -0.497 e. The maximum atomic E-state index is 10.9. The van der Waals surface area contributed by atoms with Crippen molar-refractivity contribution >= 4 is 15.8 Å². The van der Waals surface area contributed by atoms with E-state index in [1.54, 1.807) is 13.1 Å². The summed E-state index contributed by atoms with van der Waals surface area (Å²) in [5, 5.41) is 2.66. The maximum Gasteiger partial charge on any atom is 0.296 e. The summed E-state index contributed by atoms with van der Waals surface area (Å²) >= 11 is 0. The van der Waals surface area contributed by atoms with E-state index in [1.165, 1.54) is 19.2 Å². The molecule has 6 heteroatoms. The van der Waals surface area contributed by atoms with Gasteiger partial charge in [0.1, 0.15) is 10.6 Å². The fraction of sp³-hybridized carbons (Fsp3) is 0.250. The van der Waals surface area contributed by atoms with Crippen LogP contribution in [0, 0.1) is 0 Å². The zero-order valence-corrected chi connectivity index (χ0v) is 8.63. The Labute approximate surface area is 82.5 Å². The van der Waals surface area contributed by atoms with Crippen LogP contribution in [0.3, 0.4) is 0 Å². The van der Waals surface area contributed by atoms with Crippen molar-refractivity contribution in [2.75, 3.05) is 19.5 Å². The van der Waals surface area contributed by atoms with Gasteiger partial charge in [-0.15, -0.1) is 0 Å². The Balaban J connectivity index is 3.37. The Morgan fingerprint density at radius 1 is 1.43 bits per heavy atom. The molecule has 2 N–H and O–H groups in total. The zero-order valence-electron chi connectivity index (χ0n) is 7.81. The van der Waals surface area contributed by atoms with Crippen molar-refractivity contribution in [3.8, 4) is 5.75 Å². The summed E-state index contributed by atoms with van der Waals surface area (Å²) in [7, 11) is -1.24. The molecule has 0 spiro atoms. The van der Waals surface area contributed by atoms with E-state index in [1.807, 2.05) is 0 Å². The summed E-state index contributed by atoms with van der Waals surface area (Å²) < 4.78 is 35.6. The number of nitrogens with one attached hydrogen (secondary N) is 1. The number of ether oxygens (including phenoxy) is 1. The van der Waals surface area contributed by atoms with Crippen LogP contribution < -0.4 is 10.1 Å². The molecule has 5 nitrogen and oxygen atoms in total. The molecular formula is C8H11NO4S. The van der Waals surface area contributed by atoms with Crippen LogP contribution in [0.5, 0.6) is 5.75 Å². The third kappa shape index (κ3) is 2.15. The molecule has 0 aliphatic carbocycles. The zero-order chi connectivity index (χ0) is 10.8. The summed E-state index contributed by atoms with van der Waals surface area (Å²) in [6, 6.07) is 4.36. The highest BCUT2D eigenvalue weighted by molar-refractivity contribution is 7.86. The Hall–Kier alpha value is -1.27. The molecule has 14 heavy (non-hydrogen) atoms. The van der Waals surface area contributed by atoms with Crippen LogP contribution in [0.25, 0.3) is 0 Å². The van der Waals surface area contributed by atoms with Gasteiger partial charge in [0, 0.05) is 13.1 Å². The number of rotatable bonds is 3.